The van der Waals surface area contributed by atoms with Crippen LogP contribution in [0, 0.1) is 35.5 Å². The summed E-state index contributed by atoms with van der Waals surface area (Å²) in [6, 6.07) is 0. The average Bonchev–Trinajstić information content (AvgIpc) is 4.00. The third-order valence-electron chi connectivity index (χ3n) is 10.8. The van der Waals surface area contributed by atoms with Gasteiger partial charge in [0.2, 0.25) is 0 Å². The van der Waals surface area contributed by atoms with Gasteiger partial charge in [-0.3, -0.25) is 0 Å². The molecule has 6 fully saturated rings. The van der Waals surface area contributed by atoms with Crippen LogP contribution in [0.5, 0.6) is 0 Å². The highest BCUT2D eigenvalue weighted by molar-refractivity contribution is 5.55. The van der Waals surface area contributed by atoms with E-state index in [-0.39, 0.29) is 12.0 Å². The van der Waals surface area contributed by atoms with Gasteiger partial charge in [0.05, 0.1) is 42.7 Å². The Hall–Kier alpha value is -1.63. The zero-order valence-corrected chi connectivity index (χ0v) is 40.5. The minimum atomic E-state index is -0.119. The zero-order valence-electron chi connectivity index (χ0n) is 40.5. The number of epoxide rings is 1. The molecule has 0 bridgehead atoms. The second-order valence-corrected chi connectivity index (χ2v) is 17.3. The molecule has 7 nitrogen and oxygen atoms in total. The summed E-state index contributed by atoms with van der Waals surface area (Å²) < 4.78 is 18.2. The van der Waals surface area contributed by atoms with Gasteiger partial charge in [-0.25, -0.2) is 0 Å². The van der Waals surface area contributed by atoms with Crippen LogP contribution in [0.2, 0.25) is 0 Å². The average molecular weight is 823 g/mol. The lowest BCUT2D eigenvalue weighted by Crippen LogP contribution is -2.34. The summed E-state index contributed by atoms with van der Waals surface area (Å²) in [6.07, 6.45) is 29.6. The highest BCUT2D eigenvalue weighted by Crippen LogP contribution is 2.43. The zero-order chi connectivity index (χ0) is 44.9. The Balaban J connectivity index is -0.000000808. The fraction of sp³-hybridized carbons (Fsp3) is 0.882. The van der Waals surface area contributed by atoms with Crippen LogP contribution < -0.4 is 0 Å². The maximum atomic E-state index is 10.7. The van der Waals surface area contributed by atoms with E-state index in [2.05, 4.69) is 53.9 Å². The van der Waals surface area contributed by atoms with Gasteiger partial charge >= 0.3 is 0 Å². The number of rotatable bonds is 7. The first kappa shape index (κ1) is 60.7. The lowest BCUT2D eigenvalue weighted by atomic mass is 9.72. The number of aliphatic hydroxyl groups is 1. The lowest BCUT2D eigenvalue weighted by molar-refractivity contribution is -0.112. The van der Waals surface area contributed by atoms with Crippen LogP contribution in [0.25, 0.3) is 0 Å². The van der Waals surface area contributed by atoms with E-state index >= 15 is 0 Å². The molecule has 58 heavy (non-hydrogen) atoms. The van der Waals surface area contributed by atoms with Gasteiger partial charge in [-0.2, -0.15) is 0 Å². The summed E-state index contributed by atoms with van der Waals surface area (Å²) in [6.45, 7) is 32.0. The van der Waals surface area contributed by atoms with E-state index in [0.29, 0.717) is 42.5 Å². The minimum Gasteiger partial charge on any atom is -0.393 e. The molecule has 1 N–H and O–H groups in total. The number of ether oxygens (including phenoxy) is 3. The smallest absolute Gasteiger partial charge is 0.123 e. The number of fused-ring (bicyclic) bond motifs is 1. The third kappa shape index (κ3) is 30.4. The van der Waals surface area contributed by atoms with E-state index in [4.69, 9.17) is 23.8 Å². The van der Waals surface area contributed by atoms with Gasteiger partial charge in [-0.05, 0) is 145 Å². The molecule has 5 saturated carbocycles. The van der Waals surface area contributed by atoms with Crippen LogP contribution >= 0.6 is 0 Å². The van der Waals surface area contributed by atoms with Crippen molar-refractivity contribution in [2.45, 2.75) is 255 Å². The van der Waals surface area contributed by atoms with Crippen LogP contribution in [0.15, 0.2) is 18.4 Å². The molecule has 1 saturated heterocycles. The van der Waals surface area contributed by atoms with Gasteiger partial charge in [0.1, 0.15) is 19.4 Å². The highest BCUT2D eigenvalue weighted by Gasteiger charge is 2.47. The fourth-order valence-electron chi connectivity index (χ4n) is 8.36. The molecule has 7 heteroatoms. The summed E-state index contributed by atoms with van der Waals surface area (Å²) in [4.78, 5) is 27.5. The molecule has 1 heterocycles. The van der Waals surface area contributed by atoms with Gasteiger partial charge in [0.25, 0.3) is 0 Å². The van der Waals surface area contributed by atoms with E-state index in [1.807, 2.05) is 54.4 Å². The van der Waals surface area contributed by atoms with Crippen LogP contribution in [0.4, 0.5) is 0 Å². The number of carbonyl (C=O) groups excluding carboxylic acids is 3. The minimum absolute atomic E-state index is 0.119. The van der Waals surface area contributed by atoms with Gasteiger partial charge in [-0.15, -0.1) is 5.73 Å². The van der Waals surface area contributed by atoms with Crippen molar-refractivity contribution in [3.8, 4) is 0 Å². The third-order valence-corrected chi connectivity index (χ3v) is 10.8. The summed E-state index contributed by atoms with van der Waals surface area (Å²) in [5, 5.41) is 9.86. The summed E-state index contributed by atoms with van der Waals surface area (Å²) in [5.74, 6) is 3.97. The topological polar surface area (TPSA) is 102 Å². The Morgan fingerprint density at radius 2 is 0.931 bits per heavy atom. The number of allylic oxidation sites excluding steroid dienone is 1. The van der Waals surface area contributed by atoms with Crippen molar-refractivity contribution >= 4 is 19.4 Å². The number of aliphatic hydroxyl groups excluding tert-OH is 1. The summed E-state index contributed by atoms with van der Waals surface area (Å²) in [7, 11) is 0. The maximum absolute atomic E-state index is 10.7. The standard InChI is InChI=1S/C24H42O3.C10H12O2.2C4H10.C2H4O.3C2H6.CH2O/c25-20-5-4-8-24(17-20)27-23-15-11-19(12-16-23)18-9-13-22(14-10-18)26-21-6-2-1-3-7-21;1-2-3-7-4-9-10(12-9)5-8(7)6-11;2*1-4(2)3;1-2-3;4*1-2/h18-25H,1-17H2;3,6-10H,1,4-5H2;2*4H,1-3H3;2H,1H3;3*1-2H3;1H2. The van der Waals surface area contributed by atoms with E-state index in [9.17, 15) is 9.90 Å². The van der Waals surface area contributed by atoms with Crippen molar-refractivity contribution in [2.75, 3.05) is 0 Å². The number of hydrogen-bond donors (Lipinski definition) is 1. The molecule has 344 valence electrons. The highest BCUT2D eigenvalue weighted by atomic mass is 16.6. The normalized spacial score (nSPS) is 30.6. The molecule has 5 aliphatic carbocycles. The Morgan fingerprint density at radius 3 is 1.31 bits per heavy atom. The monoisotopic (exact) mass is 823 g/mol. The molecule has 0 aromatic heterocycles. The molecule has 0 spiro atoms. The predicted molar refractivity (Wildman–Crippen MR) is 247 cm³/mol. The number of hydrogen-bond acceptors (Lipinski definition) is 7. The molecule has 1 aliphatic heterocycles. The van der Waals surface area contributed by atoms with E-state index in [0.717, 1.165) is 74.8 Å². The van der Waals surface area contributed by atoms with Crippen molar-refractivity contribution in [1.82, 2.24) is 0 Å². The first-order valence-electron chi connectivity index (χ1n) is 24.1. The van der Waals surface area contributed by atoms with Gasteiger partial charge in [0, 0.05) is 5.92 Å². The van der Waals surface area contributed by atoms with Crippen LogP contribution in [-0.4, -0.2) is 67.2 Å². The Labute approximate surface area is 360 Å². The van der Waals surface area contributed by atoms with Crippen molar-refractivity contribution < 1.29 is 33.7 Å². The van der Waals surface area contributed by atoms with Crippen LogP contribution in [-0.2, 0) is 28.6 Å². The van der Waals surface area contributed by atoms with Crippen molar-refractivity contribution in [1.29, 1.82) is 0 Å². The van der Waals surface area contributed by atoms with E-state index < -0.39 is 0 Å². The molecule has 0 radical (unpaired) electrons. The molecule has 0 aromatic rings. The van der Waals surface area contributed by atoms with Gasteiger partial charge < -0.3 is 33.7 Å². The van der Waals surface area contributed by atoms with Crippen molar-refractivity contribution in [2.24, 2.45) is 35.5 Å². The molecule has 6 aliphatic rings. The van der Waals surface area contributed by atoms with Crippen molar-refractivity contribution in [3.05, 3.63) is 18.4 Å². The largest absolute Gasteiger partial charge is 0.393 e. The maximum Gasteiger partial charge on any atom is 0.123 e. The first-order valence-corrected chi connectivity index (χ1v) is 24.1. The van der Waals surface area contributed by atoms with Crippen LogP contribution in [0.1, 0.15) is 212 Å². The molecular formula is C51H98O7. The fourth-order valence-corrected chi connectivity index (χ4v) is 8.36. The summed E-state index contributed by atoms with van der Waals surface area (Å²) >= 11 is 0. The van der Waals surface area contributed by atoms with Crippen molar-refractivity contribution in [3.63, 3.8) is 0 Å². The Morgan fingerprint density at radius 1 is 0.569 bits per heavy atom. The molecule has 6 unspecified atom stereocenters. The Kier molecular flexibility index (Phi) is 42.6. The van der Waals surface area contributed by atoms with Crippen LogP contribution in [0.3, 0.4) is 0 Å². The second kappa shape index (κ2) is 40.8. The quantitative estimate of drug-likeness (QED) is 0.155. The molecule has 0 aromatic carbocycles. The molecule has 6 atom stereocenters. The summed E-state index contributed by atoms with van der Waals surface area (Å²) in [5.41, 5.74) is 2.75. The lowest BCUT2D eigenvalue weighted by Gasteiger charge is -2.39. The van der Waals surface area contributed by atoms with E-state index in [1.54, 1.807) is 0 Å². The Bertz CT molecular complexity index is 929. The first-order chi connectivity index (χ1) is 28.0. The second-order valence-electron chi connectivity index (χ2n) is 17.3. The van der Waals surface area contributed by atoms with Gasteiger partial charge in [-0.1, -0.05) is 109 Å². The molecule has 0 amide bonds. The van der Waals surface area contributed by atoms with E-state index in [1.165, 1.54) is 90.4 Å². The number of carbonyl (C=O) groups is 3. The van der Waals surface area contributed by atoms with Gasteiger partial charge in [0.15, 0.2) is 0 Å². The molecule has 6 rings (SSSR count). The molecular weight excluding hydrogens is 725 g/mol. The SMILES string of the molecule is C=C=CC1CC2OC2CC1C=O.C=O.CC.CC.CC.CC(C)C.CC(C)C.CC=O.OC1CCCC(OC2CCC(C3CCC(OC4CCCCC4)CC3)CC2)C1. The predicted octanol–water partition coefficient (Wildman–Crippen LogP) is 13.5. The number of aldehydes is 2.